The van der Waals surface area contributed by atoms with Crippen LogP contribution in [0.15, 0.2) is 54.5 Å². The maximum atomic E-state index is 13.2. The molecule has 0 radical (unpaired) electrons. The Morgan fingerprint density at radius 2 is 1.94 bits per heavy atom. The molecule has 4 heterocycles. The van der Waals surface area contributed by atoms with Gasteiger partial charge in [-0.1, -0.05) is 18.2 Å². The van der Waals surface area contributed by atoms with Crippen LogP contribution in [0.2, 0.25) is 0 Å². The number of fused-ring (bicyclic) bond motifs is 1. The highest BCUT2D eigenvalue weighted by molar-refractivity contribution is 6.07. The van der Waals surface area contributed by atoms with Crippen LogP contribution in [0.4, 0.5) is 5.95 Å². The molecule has 2 aromatic heterocycles. The number of anilines is 1. The molecule has 1 atom stereocenters. The Morgan fingerprint density at radius 1 is 1.11 bits per heavy atom. The minimum atomic E-state index is -0.646. The van der Waals surface area contributed by atoms with Gasteiger partial charge in [-0.2, -0.15) is 0 Å². The molecule has 3 aliphatic rings. The number of amidine groups is 2. The second-order valence-electron chi connectivity index (χ2n) is 9.56. The van der Waals surface area contributed by atoms with E-state index in [1.54, 1.807) is 29.6 Å². The largest absolute Gasteiger partial charge is 0.342 e. The normalized spacial score (nSPS) is 21.9. The Hall–Kier alpha value is -3.88. The van der Waals surface area contributed by atoms with Gasteiger partial charge >= 0.3 is 0 Å². The second kappa shape index (κ2) is 9.40. The number of carbonyl (C=O) groups is 1. The van der Waals surface area contributed by atoms with Crippen LogP contribution in [-0.2, 0) is 13.0 Å². The van der Waals surface area contributed by atoms with E-state index in [9.17, 15) is 4.79 Å². The van der Waals surface area contributed by atoms with Crippen molar-refractivity contribution in [2.45, 2.75) is 51.1 Å². The summed E-state index contributed by atoms with van der Waals surface area (Å²) in [6.07, 6.45) is 15.0. The summed E-state index contributed by atoms with van der Waals surface area (Å²) in [4.78, 5) is 30.3. The molecular formula is C26H30N8O. The molecule has 3 N–H and O–H groups in total. The van der Waals surface area contributed by atoms with Gasteiger partial charge in [0, 0.05) is 51.1 Å². The Labute approximate surface area is 205 Å². The van der Waals surface area contributed by atoms with Gasteiger partial charge in [0.15, 0.2) is 0 Å². The molecule has 2 aliphatic heterocycles. The smallest absolute Gasteiger partial charge is 0.270 e. The van der Waals surface area contributed by atoms with E-state index < -0.39 is 5.54 Å². The van der Waals surface area contributed by atoms with Gasteiger partial charge in [-0.25, -0.2) is 9.97 Å². The minimum Gasteiger partial charge on any atom is -0.342 e. The van der Waals surface area contributed by atoms with Gasteiger partial charge in [-0.05, 0) is 55.0 Å². The first-order valence-electron chi connectivity index (χ1n) is 12.1. The number of hydrogen-bond acceptors (Lipinski definition) is 7. The quantitative estimate of drug-likeness (QED) is 0.466. The molecule has 180 valence electrons. The highest BCUT2D eigenvalue weighted by atomic mass is 16.2. The van der Waals surface area contributed by atoms with E-state index >= 15 is 0 Å². The van der Waals surface area contributed by atoms with Crippen LogP contribution >= 0.6 is 0 Å². The number of likely N-dealkylation sites (tertiary alicyclic amines) is 1. The van der Waals surface area contributed by atoms with Crippen molar-refractivity contribution in [1.29, 1.82) is 10.8 Å². The number of aromatic nitrogens is 3. The second-order valence-corrected chi connectivity index (χ2v) is 9.56. The lowest BCUT2D eigenvalue weighted by Crippen LogP contribution is -2.48. The molecule has 1 fully saturated rings. The van der Waals surface area contributed by atoms with Crippen molar-refractivity contribution in [2.75, 3.05) is 18.0 Å². The van der Waals surface area contributed by atoms with Gasteiger partial charge < -0.3 is 15.1 Å². The zero-order valence-corrected chi connectivity index (χ0v) is 19.9. The summed E-state index contributed by atoms with van der Waals surface area (Å²) in [5, 5.41) is 20.0. The molecule has 2 aromatic rings. The average Bonchev–Trinajstić information content (AvgIpc) is 2.88. The summed E-state index contributed by atoms with van der Waals surface area (Å²) in [6, 6.07) is 3.66. The minimum absolute atomic E-state index is 0.244. The zero-order chi connectivity index (χ0) is 24.4. The molecular weight excluding hydrogens is 440 g/mol. The molecule has 0 bridgehead atoms. The van der Waals surface area contributed by atoms with Gasteiger partial charge in [0.25, 0.3) is 5.91 Å². The lowest BCUT2D eigenvalue weighted by Gasteiger charge is -2.35. The molecule has 0 saturated carbocycles. The van der Waals surface area contributed by atoms with Crippen molar-refractivity contribution in [3.05, 3.63) is 71.3 Å². The van der Waals surface area contributed by atoms with Crippen LogP contribution in [0.5, 0.6) is 0 Å². The third-order valence-electron chi connectivity index (χ3n) is 6.83. The lowest BCUT2D eigenvalue weighted by atomic mass is 9.87. The molecule has 0 aromatic carbocycles. The average molecular weight is 471 g/mol. The predicted octanol–water partition coefficient (Wildman–Crippen LogP) is 3.25. The summed E-state index contributed by atoms with van der Waals surface area (Å²) < 4.78 is 0. The summed E-state index contributed by atoms with van der Waals surface area (Å²) in [6.45, 7) is 4.09. The van der Waals surface area contributed by atoms with E-state index in [1.807, 2.05) is 31.2 Å². The van der Waals surface area contributed by atoms with E-state index in [0.717, 1.165) is 42.5 Å². The predicted molar refractivity (Wildman–Crippen MR) is 135 cm³/mol. The summed E-state index contributed by atoms with van der Waals surface area (Å²) >= 11 is 0. The number of hydrogen-bond donors (Lipinski definition) is 3. The molecule has 1 aliphatic carbocycles. The molecule has 0 spiro atoms. The fourth-order valence-corrected chi connectivity index (χ4v) is 4.90. The molecule has 5 rings (SSSR count). The van der Waals surface area contributed by atoms with Crippen LogP contribution in [0.25, 0.3) is 0 Å². The fourth-order valence-electron chi connectivity index (χ4n) is 4.90. The summed E-state index contributed by atoms with van der Waals surface area (Å²) in [7, 11) is 0. The Kier molecular flexibility index (Phi) is 6.15. The van der Waals surface area contributed by atoms with E-state index in [4.69, 9.17) is 10.8 Å². The topological polar surface area (TPSA) is 122 Å². The molecule has 9 heteroatoms. The van der Waals surface area contributed by atoms with Crippen molar-refractivity contribution in [3.8, 4) is 0 Å². The Morgan fingerprint density at radius 3 is 2.74 bits per heavy atom. The maximum absolute atomic E-state index is 13.2. The number of piperidine rings is 1. The van der Waals surface area contributed by atoms with Crippen molar-refractivity contribution >= 4 is 23.5 Å². The highest BCUT2D eigenvalue weighted by Crippen LogP contribution is 2.27. The third-order valence-corrected chi connectivity index (χ3v) is 6.83. The number of amides is 1. The molecule has 35 heavy (non-hydrogen) atoms. The SMILES string of the molecule is CC1(NC(=O)c2cc3c(cn2)CCN(c2ncccn2)C3)C=CC=C(C(=N)N2CCCCC2=N)C1. The number of pyridine rings is 1. The first kappa shape index (κ1) is 22.9. The van der Waals surface area contributed by atoms with Gasteiger partial charge in [-0.15, -0.1) is 0 Å². The number of rotatable bonds is 4. The van der Waals surface area contributed by atoms with Crippen LogP contribution < -0.4 is 10.2 Å². The number of nitrogens with zero attached hydrogens (tertiary/aromatic N) is 5. The van der Waals surface area contributed by atoms with E-state index in [1.165, 1.54) is 0 Å². The Bertz CT molecular complexity index is 1220. The summed E-state index contributed by atoms with van der Waals surface area (Å²) in [5.74, 6) is 1.29. The van der Waals surface area contributed by atoms with Crippen LogP contribution in [0.3, 0.4) is 0 Å². The molecule has 1 amide bonds. The Balaban J connectivity index is 1.28. The lowest BCUT2D eigenvalue weighted by molar-refractivity contribution is 0.0917. The van der Waals surface area contributed by atoms with Crippen molar-refractivity contribution in [2.24, 2.45) is 0 Å². The highest BCUT2D eigenvalue weighted by Gasteiger charge is 2.32. The van der Waals surface area contributed by atoms with Crippen LogP contribution in [0, 0.1) is 10.8 Å². The van der Waals surface area contributed by atoms with Crippen LogP contribution in [-0.4, -0.2) is 56.1 Å². The monoisotopic (exact) mass is 470 g/mol. The van der Waals surface area contributed by atoms with Gasteiger partial charge in [-0.3, -0.25) is 20.6 Å². The zero-order valence-electron chi connectivity index (χ0n) is 19.9. The molecule has 1 unspecified atom stereocenters. The third kappa shape index (κ3) is 4.84. The van der Waals surface area contributed by atoms with Gasteiger partial charge in [0.2, 0.25) is 5.95 Å². The van der Waals surface area contributed by atoms with Crippen molar-refractivity contribution in [3.63, 3.8) is 0 Å². The summed E-state index contributed by atoms with van der Waals surface area (Å²) in [5.41, 5.74) is 2.74. The standard InChI is InChI=1S/C26H30N8O/c1-26(9-4-6-18(15-26)23(28)34-12-3-2-7-22(34)27)32-24(35)21-14-20-17-33(13-8-19(20)16-31-21)25-29-10-5-11-30-25/h4-6,9-11,14,16,27-28H,2-3,7-8,12-13,15,17H2,1H3,(H,32,35). The van der Waals surface area contributed by atoms with E-state index in [0.29, 0.717) is 49.2 Å². The first-order valence-corrected chi connectivity index (χ1v) is 12.1. The molecule has 9 nitrogen and oxygen atoms in total. The number of carbonyl (C=O) groups excluding carboxylic acids is 1. The van der Waals surface area contributed by atoms with E-state index in [2.05, 4.69) is 25.2 Å². The van der Waals surface area contributed by atoms with Gasteiger partial charge in [0.1, 0.15) is 17.4 Å². The maximum Gasteiger partial charge on any atom is 0.270 e. The first-order chi connectivity index (χ1) is 16.9. The van der Waals surface area contributed by atoms with Crippen molar-refractivity contribution in [1.82, 2.24) is 25.2 Å². The van der Waals surface area contributed by atoms with E-state index in [-0.39, 0.29) is 5.91 Å². The molecule has 1 saturated heterocycles. The number of allylic oxidation sites excluding steroid dienone is 2. The van der Waals surface area contributed by atoms with Gasteiger partial charge in [0.05, 0.1) is 5.54 Å². The van der Waals surface area contributed by atoms with Crippen LogP contribution in [0.1, 0.15) is 54.2 Å². The fraction of sp³-hybridized carbons (Fsp3) is 0.385. The van der Waals surface area contributed by atoms with Crippen molar-refractivity contribution < 1.29 is 4.79 Å². The number of nitrogens with one attached hydrogen (secondary N) is 3.